The molecule has 0 saturated heterocycles. The lowest BCUT2D eigenvalue weighted by molar-refractivity contribution is 0.374. The van der Waals surface area contributed by atoms with Crippen molar-refractivity contribution in [3.8, 4) is 0 Å². The lowest BCUT2D eigenvalue weighted by Crippen LogP contribution is -2.11. The van der Waals surface area contributed by atoms with E-state index in [0.29, 0.717) is 12.0 Å². The summed E-state index contributed by atoms with van der Waals surface area (Å²) in [5.74, 6) is 0.639. The first-order chi connectivity index (χ1) is 5.52. The average molecular weight is 278 g/mol. The Hall–Kier alpha value is -0.0600. The Bertz CT molecular complexity index is 246. The molecule has 1 aromatic rings. The third kappa shape index (κ3) is 2.00. The molecular weight excluding hydrogens is 263 g/mol. The second-order valence-corrected chi connectivity index (χ2v) is 4.59. The van der Waals surface area contributed by atoms with E-state index in [9.17, 15) is 0 Å². The highest BCUT2D eigenvalue weighted by atomic mass is 127. The van der Waals surface area contributed by atoms with E-state index in [0.717, 1.165) is 3.70 Å². The summed E-state index contributed by atoms with van der Waals surface area (Å²) in [6.07, 6.45) is 2.12. The molecule has 1 rings (SSSR count). The van der Waals surface area contributed by atoms with Crippen molar-refractivity contribution in [3.05, 3.63) is 15.5 Å². The summed E-state index contributed by atoms with van der Waals surface area (Å²) < 4.78 is 3.17. The van der Waals surface area contributed by atoms with Gasteiger partial charge in [-0.1, -0.05) is 13.8 Å². The van der Waals surface area contributed by atoms with Crippen LogP contribution in [-0.2, 0) is 0 Å². The molecule has 0 fully saturated rings. The summed E-state index contributed by atoms with van der Waals surface area (Å²) in [5.41, 5.74) is 1.27. The zero-order chi connectivity index (χ0) is 9.30. The fourth-order valence-corrected chi connectivity index (χ4v) is 1.36. The molecule has 0 spiro atoms. The first kappa shape index (κ1) is 10.0. The molecule has 3 heteroatoms. The van der Waals surface area contributed by atoms with Gasteiger partial charge in [0.1, 0.15) is 3.70 Å². The molecule has 0 amide bonds. The number of hydrogen-bond donors (Lipinski definition) is 0. The Morgan fingerprint density at radius 3 is 2.33 bits per heavy atom. The Morgan fingerprint density at radius 1 is 1.42 bits per heavy atom. The largest absolute Gasteiger partial charge is 0.268 e. The Morgan fingerprint density at radius 2 is 2.00 bits per heavy atom. The minimum atomic E-state index is 0.493. The van der Waals surface area contributed by atoms with Gasteiger partial charge in [0.25, 0.3) is 0 Å². The van der Waals surface area contributed by atoms with Gasteiger partial charge in [0.05, 0.1) is 6.04 Å². The van der Waals surface area contributed by atoms with Crippen molar-refractivity contribution in [1.82, 2.24) is 9.78 Å². The van der Waals surface area contributed by atoms with E-state index in [-0.39, 0.29) is 0 Å². The van der Waals surface area contributed by atoms with E-state index in [4.69, 9.17) is 0 Å². The van der Waals surface area contributed by atoms with E-state index in [1.165, 1.54) is 5.56 Å². The van der Waals surface area contributed by atoms with Crippen LogP contribution >= 0.6 is 22.6 Å². The van der Waals surface area contributed by atoms with Crippen LogP contribution in [0.5, 0.6) is 0 Å². The van der Waals surface area contributed by atoms with Crippen molar-refractivity contribution in [3.63, 3.8) is 0 Å². The smallest absolute Gasteiger partial charge is 0.126 e. The van der Waals surface area contributed by atoms with Crippen molar-refractivity contribution in [2.75, 3.05) is 0 Å². The highest BCUT2D eigenvalue weighted by Crippen LogP contribution is 2.18. The van der Waals surface area contributed by atoms with Crippen molar-refractivity contribution in [2.45, 2.75) is 33.7 Å². The molecule has 0 aliphatic heterocycles. The molecule has 2 nitrogen and oxygen atoms in total. The van der Waals surface area contributed by atoms with Crippen molar-refractivity contribution < 1.29 is 0 Å². The van der Waals surface area contributed by atoms with Gasteiger partial charge in [-0.3, -0.25) is 4.68 Å². The fraction of sp³-hybridized carbons (Fsp3) is 0.667. The molecule has 0 aliphatic rings. The maximum atomic E-state index is 4.43. The molecule has 68 valence electrons. The van der Waals surface area contributed by atoms with Gasteiger partial charge < -0.3 is 0 Å². The summed E-state index contributed by atoms with van der Waals surface area (Å²) >= 11 is 2.27. The Balaban J connectivity index is 2.89. The quantitative estimate of drug-likeness (QED) is 0.760. The molecular formula is C9H15IN2. The van der Waals surface area contributed by atoms with E-state index < -0.39 is 0 Å². The second-order valence-electron chi connectivity index (χ2n) is 3.57. The predicted molar refractivity (Wildman–Crippen MR) is 59.2 cm³/mol. The molecule has 1 unspecified atom stereocenters. The monoisotopic (exact) mass is 278 g/mol. The van der Waals surface area contributed by atoms with Gasteiger partial charge in [-0.25, -0.2) is 0 Å². The van der Waals surface area contributed by atoms with Gasteiger partial charge in [0.2, 0.25) is 0 Å². The van der Waals surface area contributed by atoms with Crippen molar-refractivity contribution >= 4 is 22.6 Å². The average Bonchev–Trinajstić information content (AvgIpc) is 2.30. The van der Waals surface area contributed by atoms with Crippen LogP contribution in [0.15, 0.2) is 6.20 Å². The van der Waals surface area contributed by atoms with Crippen molar-refractivity contribution in [1.29, 1.82) is 0 Å². The SMILES string of the molecule is Cc1cn(C(C)C(C)C)nc1I. The zero-order valence-corrected chi connectivity index (χ0v) is 10.2. The van der Waals surface area contributed by atoms with Crippen LogP contribution in [0.1, 0.15) is 32.4 Å². The first-order valence-electron chi connectivity index (χ1n) is 4.23. The topological polar surface area (TPSA) is 17.8 Å². The van der Waals surface area contributed by atoms with E-state index in [1.54, 1.807) is 0 Å². The lowest BCUT2D eigenvalue weighted by atomic mass is 10.1. The zero-order valence-electron chi connectivity index (χ0n) is 8.00. The summed E-state index contributed by atoms with van der Waals surface area (Å²) in [6, 6.07) is 0.493. The minimum absolute atomic E-state index is 0.493. The molecule has 0 radical (unpaired) electrons. The predicted octanol–water partition coefficient (Wildman–Crippen LogP) is 3.01. The van der Waals surface area contributed by atoms with E-state index in [2.05, 4.69) is 66.3 Å². The molecule has 1 heterocycles. The number of rotatable bonds is 2. The van der Waals surface area contributed by atoms with Gasteiger partial charge in [-0.15, -0.1) is 0 Å². The van der Waals surface area contributed by atoms with E-state index in [1.807, 2.05) is 0 Å². The van der Waals surface area contributed by atoms with Crippen LogP contribution in [0.25, 0.3) is 0 Å². The summed E-state index contributed by atoms with van der Waals surface area (Å²) in [5, 5.41) is 4.43. The number of hydrogen-bond acceptors (Lipinski definition) is 1. The Kier molecular flexibility index (Phi) is 3.15. The van der Waals surface area contributed by atoms with Gasteiger partial charge >= 0.3 is 0 Å². The van der Waals surface area contributed by atoms with Gasteiger partial charge in [0.15, 0.2) is 0 Å². The molecule has 0 bridgehead atoms. The Labute approximate surface area is 87.5 Å². The maximum absolute atomic E-state index is 4.43. The van der Waals surface area contributed by atoms with Crippen LogP contribution in [0.4, 0.5) is 0 Å². The summed E-state index contributed by atoms with van der Waals surface area (Å²) in [4.78, 5) is 0. The standard InChI is InChI=1S/C9H15IN2/c1-6(2)8(4)12-5-7(3)9(10)11-12/h5-6,8H,1-4H3. The third-order valence-corrected chi connectivity index (χ3v) is 3.30. The summed E-state index contributed by atoms with van der Waals surface area (Å²) in [6.45, 7) is 8.73. The minimum Gasteiger partial charge on any atom is -0.268 e. The number of halogens is 1. The second kappa shape index (κ2) is 3.77. The van der Waals surface area contributed by atoms with Gasteiger partial charge in [0, 0.05) is 11.8 Å². The van der Waals surface area contributed by atoms with Gasteiger partial charge in [-0.05, 0) is 42.4 Å². The highest BCUT2D eigenvalue weighted by molar-refractivity contribution is 14.1. The van der Waals surface area contributed by atoms with Crippen molar-refractivity contribution in [2.24, 2.45) is 5.92 Å². The molecule has 0 N–H and O–H groups in total. The number of aromatic nitrogens is 2. The van der Waals surface area contributed by atoms with Crippen LogP contribution in [0.2, 0.25) is 0 Å². The molecule has 0 saturated carbocycles. The number of aryl methyl sites for hydroxylation is 1. The summed E-state index contributed by atoms with van der Waals surface area (Å²) in [7, 11) is 0. The van der Waals surface area contributed by atoms with Gasteiger partial charge in [-0.2, -0.15) is 5.10 Å². The lowest BCUT2D eigenvalue weighted by Gasteiger charge is -2.15. The van der Waals surface area contributed by atoms with Crippen LogP contribution < -0.4 is 0 Å². The molecule has 0 aliphatic carbocycles. The maximum Gasteiger partial charge on any atom is 0.126 e. The molecule has 1 atom stereocenters. The highest BCUT2D eigenvalue weighted by Gasteiger charge is 2.11. The number of nitrogens with zero attached hydrogens (tertiary/aromatic N) is 2. The molecule has 0 aromatic carbocycles. The first-order valence-corrected chi connectivity index (χ1v) is 5.31. The van der Waals surface area contributed by atoms with Crippen LogP contribution in [0.3, 0.4) is 0 Å². The van der Waals surface area contributed by atoms with Crippen LogP contribution in [0, 0.1) is 16.5 Å². The fourth-order valence-electron chi connectivity index (χ4n) is 0.975. The third-order valence-electron chi connectivity index (χ3n) is 2.24. The molecule has 12 heavy (non-hydrogen) atoms. The normalized spacial score (nSPS) is 13.8. The molecule has 1 aromatic heterocycles. The van der Waals surface area contributed by atoms with Crippen LogP contribution in [-0.4, -0.2) is 9.78 Å². The van der Waals surface area contributed by atoms with E-state index >= 15 is 0 Å².